The van der Waals surface area contributed by atoms with Crippen molar-refractivity contribution in [2.45, 2.75) is 33.2 Å². The van der Waals surface area contributed by atoms with Gasteiger partial charge < -0.3 is 10.2 Å². The summed E-state index contributed by atoms with van der Waals surface area (Å²) in [7, 11) is 0. The van der Waals surface area contributed by atoms with Crippen LogP contribution in [0, 0.1) is 19.8 Å². The lowest BCUT2D eigenvalue weighted by Gasteiger charge is -2.32. The maximum atomic E-state index is 12.7. The van der Waals surface area contributed by atoms with Crippen molar-refractivity contribution in [2.75, 3.05) is 18.0 Å². The molecule has 0 spiro atoms. The smallest absolute Gasteiger partial charge is 0.223 e. The number of halogens is 1. The SMILES string of the molecule is Cc1ccc(-c2cc3c(N4CCC(C(=O)NCc5cccc(Cl)c5)CC4)nccn3n2)cc1C. The fourth-order valence-corrected chi connectivity index (χ4v) is 4.74. The lowest BCUT2D eigenvalue weighted by molar-refractivity contribution is -0.125. The van der Waals surface area contributed by atoms with Crippen LogP contribution in [0.2, 0.25) is 5.02 Å². The predicted octanol–water partition coefficient (Wildman–Crippen LogP) is 5.20. The van der Waals surface area contributed by atoms with Crippen molar-refractivity contribution in [1.82, 2.24) is 19.9 Å². The van der Waals surface area contributed by atoms with Crippen LogP contribution in [0.15, 0.2) is 60.9 Å². The van der Waals surface area contributed by atoms with E-state index in [0.717, 1.165) is 54.1 Å². The number of benzene rings is 2. The standard InChI is InChI=1S/C27H28ClN5O/c1-18-6-7-22(14-19(18)2)24-16-25-26(29-10-13-33(25)31-24)32-11-8-21(9-12-32)27(34)30-17-20-4-3-5-23(28)15-20/h3-7,10,13-16,21H,8-9,11-12,17H2,1-2H3,(H,30,34). The first-order valence-corrected chi connectivity index (χ1v) is 12.0. The summed E-state index contributed by atoms with van der Waals surface area (Å²) in [5, 5.41) is 8.54. The Balaban J connectivity index is 1.26. The van der Waals surface area contributed by atoms with Gasteiger partial charge in [0, 0.05) is 48.5 Å². The summed E-state index contributed by atoms with van der Waals surface area (Å²) < 4.78 is 1.90. The van der Waals surface area contributed by atoms with E-state index in [4.69, 9.17) is 16.7 Å². The molecule has 34 heavy (non-hydrogen) atoms. The van der Waals surface area contributed by atoms with Gasteiger partial charge in [-0.2, -0.15) is 5.10 Å². The van der Waals surface area contributed by atoms with Crippen LogP contribution in [-0.2, 0) is 11.3 Å². The first-order chi connectivity index (χ1) is 16.5. The van der Waals surface area contributed by atoms with E-state index < -0.39 is 0 Å². The number of aromatic nitrogens is 3. The molecule has 1 fully saturated rings. The van der Waals surface area contributed by atoms with Gasteiger partial charge in [-0.05, 0) is 67.6 Å². The number of rotatable bonds is 5. The van der Waals surface area contributed by atoms with E-state index in [1.807, 2.05) is 35.0 Å². The zero-order valence-electron chi connectivity index (χ0n) is 19.5. The van der Waals surface area contributed by atoms with Crippen LogP contribution in [0.1, 0.15) is 29.5 Å². The van der Waals surface area contributed by atoms with Gasteiger partial charge in [0.2, 0.25) is 5.91 Å². The molecule has 0 saturated carbocycles. The molecule has 5 rings (SSSR count). The number of anilines is 1. The van der Waals surface area contributed by atoms with Crippen LogP contribution >= 0.6 is 11.6 Å². The van der Waals surface area contributed by atoms with E-state index in [0.29, 0.717) is 11.6 Å². The largest absolute Gasteiger partial charge is 0.355 e. The molecule has 0 bridgehead atoms. The molecule has 3 heterocycles. The maximum absolute atomic E-state index is 12.7. The number of amides is 1. The number of carbonyl (C=O) groups is 1. The third-order valence-corrected chi connectivity index (χ3v) is 6.93. The second-order valence-electron chi connectivity index (χ2n) is 9.02. The minimum absolute atomic E-state index is 0.00571. The van der Waals surface area contributed by atoms with Crippen LogP contribution in [0.25, 0.3) is 16.8 Å². The molecule has 4 aromatic rings. The zero-order valence-corrected chi connectivity index (χ0v) is 20.2. The predicted molar refractivity (Wildman–Crippen MR) is 136 cm³/mol. The molecular weight excluding hydrogens is 446 g/mol. The Morgan fingerprint density at radius 3 is 2.68 bits per heavy atom. The number of piperidine rings is 1. The van der Waals surface area contributed by atoms with E-state index in [9.17, 15) is 4.79 Å². The van der Waals surface area contributed by atoms with Crippen molar-refractivity contribution in [3.05, 3.63) is 82.6 Å². The molecule has 0 radical (unpaired) electrons. The van der Waals surface area contributed by atoms with Crippen molar-refractivity contribution < 1.29 is 4.79 Å². The van der Waals surface area contributed by atoms with E-state index in [2.05, 4.69) is 53.3 Å². The monoisotopic (exact) mass is 473 g/mol. The Morgan fingerprint density at radius 1 is 1.09 bits per heavy atom. The second kappa shape index (κ2) is 9.47. The number of fused-ring (bicyclic) bond motifs is 1. The fraction of sp³-hybridized carbons (Fsp3) is 0.296. The van der Waals surface area contributed by atoms with Crippen LogP contribution in [-0.4, -0.2) is 33.6 Å². The van der Waals surface area contributed by atoms with Gasteiger partial charge >= 0.3 is 0 Å². The van der Waals surface area contributed by atoms with Crippen LogP contribution < -0.4 is 10.2 Å². The van der Waals surface area contributed by atoms with Crippen molar-refractivity contribution in [3.63, 3.8) is 0 Å². The Hall–Kier alpha value is -3.38. The van der Waals surface area contributed by atoms with Crippen LogP contribution in [0.4, 0.5) is 5.82 Å². The maximum Gasteiger partial charge on any atom is 0.223 e. The number of hydrogen-bond acceptors (Lipinski definition) is 4. The van der Waals surface area contributed by atoms with Crippen molar-refractivity contribution >= 4 is 28.8 Å². The van der Waals surface area contributed by atoms with Gasteiger partial charge in [-0.1, -0.05) is 35.9 Å². The van der Waals surface area contributed by atoms with Gasteiger partial charge in [0.05, 0.1) is 5.69 Å². The highest BCUT2D eigenvalue weighted by molar-refractivity contribution is 6.30. The van der Waals surface area contributed by atoms with Gasteiger partial charge in [-0.15, -0.1) is 0 Å². The Morgan fingerprint density at radius 2 is 1.91 bits per heavy atom. The van der Waals surface area contributed by atoms with Crippen molar-refractivity contribution in [3.8, 4) is 11.3 Å². The lowest BCUT2D eigenvalue weighted by atomic mass is 9.95. The quantitative estimate of drug-likeness (QED) is 0.432. The van der Waals surface area contributed by atoms with Crippen LogP contribution in [0.3, 0.4) is 0 Å². The summed E-state index contributed by atoms with van der Waals surface area (Å²) in [4.78, 5) is 19.7. The fourth-order valence-electron chi connectivity index (χ4n) is 4.53. The Kier molecular flexibility index (Phi) is 6.24. The first-order valence-electron chi connectivity index (χ1n) is 11.7. The topological polar surface area (TPSA) is 62.5 Å². The molecule has 2 aromatic carbocycles. The average molecular weight is 474 g/mol. The number of nitrogens with one attached hydrogen (secondary N) is 1. The van der Waals surface area contributed by atoms with Crippen molar-refractivity contribution in [2.24, 2.45) is 5.92 Å². The molecule has 2 aromatic heterocycles. The molecular formula is C27H28ClN5O. The molecule has 0 unspecified atom stereocenters. The number of aryl methyl sites for hydroxylation is 2. The van der Waals surface area contributed by atoms with Crippen LogP contribution in [0.5, 0.6) is 0 Å². The van der Waals surface area contributed by atoms with Gasteiger partial charge in [0.1, 0.15) is 5.52 Å². The molecule has 174 valence electrons. The molecule has 7 heteroatoms. The van der Waals surface area contributed by atoms with Gasteiger partial charge in [0.15, 0.2) is 5.82 Å². The lowest BCUT2D eigenvalue weighted by Crippen LogP contribution is -2.40. The van der Waals surface area contributed by atoms with E-state index in [1.165, 1.54) is 11.1 Å². The summed E-state index contributed by atoms with van der Waals surface area (Å²) >= 11 is 6.04. The molecule has 1 aliphatic rings. The highest BCUT2D eigenvalue weighted by Crippen LogP contribution is 2.29. The Labute approximate surface area is 204 Å². The highest BCUT2D eigenvalue weighted by atomic mass is 35.5. The molecule has 1 N–H and O–H groups in total. The van der Waals surface area contributed by atoms with E-state index >= 15 is 0 Å². The summed E-state index contributed by atoms with van der Waals surface area (Å²) in [6.07, 6.45) is 5.27. The molecule has 6 nitrogen and oxygen atoms in total. The third kappa shape index (κ3) is 4.64. The van der Waals surface area contributed by atoms with Crippen molar-refractivity contribution in [1.29, 1.82) is 0 Å². The third-order valence-electron chi connectivity index (χ3n) is 6.69. The number of carbonyl (C=O) groups excluding carboxylic acids is 1. The summed E-state index contributed by atoms with van der Waals surface area (Å²) in [6, 6.07) is 16.1. The highest BCUT2D eigenvalue weighted by Gasteiger charge is 2.26. The first kappa shape index (κ1) is 22.4. The normalized spacial score (nSPS) is 14.5. The zero-order chi connectivity index (χ0) is 23.7. The van der Waals surface area contributed by atoms with Gasteiger partial charge in [0.25, 0.3) is 0 Å². The van der Waals surface area contributed by atoms with E-state index in [-0.39, 0.29) is 11.8 Å². The summed E-state index contributed by atoms with van der Waals surface area (Å²) in [5.41, 5.74) is 6.56. The number of nitrogens with zero attached hydrogens (tertiary/aromatic N) is 4. The summed E-state index contributed by atoms with van der Waals surface area (Å²) in [6.45, 7) is 6.30. The van der Waals surface area contributed by atoms with Gasteiger partial charge in [-0.25, -0.2) is 9.50 Å². The Bertz CT molecular complexity index is 1340. The summed E-state index contributed by atoms with van der Waals surface area (Å²) in [5.74, 6) is 1.03. The average Bonchev–Trinajstić information content (AvgIpc) is 3.29. The second-order valence-corrected chi connectivity index (χ2v) is 9.45. The van der Waals surface area contributed by atoms with Gasteiger partial charge in [-0.3, -0.25) is 4.79 Å². The molecule has 0 aliphatic carbocycles. The van der Waals surface area contributed by atoms with E-state index in [1.54, 1.807) is 6.20 Å². The minimum Gasteiger partial charge on any atom is -0.355 e. The number of hydrogen-bond donors (Lipinski definition) is 1. The molecule has 1 saturated heterocycles. The molecule has 1 aliphatic heterocycles. The molecule has 0 atom stereocenters. The molecule has 1 amide bonds. The minimum atomic E-state index is 0.00571.